The molecule has 1 unspecified atom stereocenters. The van der Waals surface area contributed by atoms with Gasteiger partial charge in [-0.15, -0.1) is 0 Å². The van der Waals surface area contributed by atoms with Crippen LogP contribution in [0, 0.1) is 5.92 Å². The monoisotopic (exact) mass is 478 g/mol. The highest BCUT2D eigenvalue weighted by molar-refractivity contribution is 5.79. The second-order valence-corrected chi connectivity index (χ2v) is 9.62. The predicted molar refractivity (Wildman–Crippen MR) is 128 cm³/mol. The summed E-state index contributed by atoms with van der Waals surface area (Å²) in [6.07, 6.45) is 1.24. The van der Waals surface area contributed by atoms with Gasteiger partial charge in [0.15, 0.2) is 0 Å². The van der Waals surface area contributed by atoms with Gasteiger partial charge in [0.05, 0.1) is 25.7 Å². The number of carboxylic acids is 1. The third-order valence-corrected chi connectivity index (χ3v) is 7.32. The number of alkyl carbamates (subject to hydrolysis) is 1. The Morgan fingerprint density at radius 1 is 1.00 bits per heavy atom. The highest BCUT2D eigenvalue weighted by atomic mass is 16.5. The average molecular weight is 479 g/mol. The minimum absolute atomic E-state index is 0.0112. The Bertz CT molecular complexity index is 1070. The Labute approximate surface area is 204 Å². The SMILES string of the molecule is O=C(O)CC1COCCN1C(=O)CC1CC(NC(=O)OCC2c3ccccc3-c3ccccc32)C1. The molecule has 8 heteroatoms. The Morgan fingerprint density at radius 3 is 2.31 bits per heavy atom. The van der Waals surface area contributed by atoms with E-state index in [1.165, 1.54) is 22.3 Å². The van der Waals surface area contributed by atoms with E-state index in [1.54, 1.807) is 4.90 Å². The fourth-order valence-corrected chi connectivity index (χ4v) is 5.55. The molecule has 2 N–H and O–H groups in total. The van der Waals surface area contributed by atoms with Gasteiger partial charge in [0.25, 0.3) is 0 Å². The first kappa shape index (κ1) is 23.4. The van der Waals surface area contributed by atoms with Gasteiger partial charge in [-0.05, 0) is 41.0 Å². The van der Waals surface area contributed by atoms with E-state index in [4.69, 9.17) is 14.6 Å². The Balaban J connectivity index is 1.08. The Morgan fingerprint density at radius 2 is 1.66 bits per heavy atom. The number of hydrogen-bond donors (Lipinski definition) is 2. The van der Waals surface area contributed by atoms with Crippen molar-refractivity contribution in [3.8, 4) is 11.1 Å². The minimum Gasteiger partial charge on any atom is -0.481 e. The van der Waals surface area contributed by atoms with Gasteiger partial charge in [0, 0.05) is 24.9 Å². The number of nitrogens with one attached hydrogen (secondary N) is 1. The third kappa shape index (κ3) is 5.03. The number of carboxylic acid groups (broad SMARTS) is 1. The molecule has 2 amide bonds. The summed E-state index contributed by atoms with van der Waals surface area (Å²) in [5, 5.41) is 12.0. The van der Waals surface area contributed by atoms with Crippen LogP contribution in [-0.4, -0.2) is 66.4 Å². The molecule has 0 bridgehead atoms. The highest BCUT2D eigenvalue weighted by Gasteiger charge is 2.36. The maximum absolute atomic E-state index is 12.7. The zero-order valence-electron chi connectivity index (χ0n) is 19.5. The van der Waals surface area contributed by atoms with Crippen LogP contribution in [0.2, 0.25) is 0 Å². The van der Waals surface area contributed by atoms with Crippen LogP contribution in [0.15, 0.2) is 48.5 Å². The summed E-state index contributed by atoms with van der Waals surface area (Å²) < 4.78 is 11.0. The van der Waals surface area contributed by atoms with Crippen LogP contribution >= 0.6 is 0 Å². The van der Waals surface area contributed by atoms with Crippen LogP contribution in [0.3, 0.4) is 0 Å². The number of benzene rings is 2. The molecule has 1 heterocycles. The van der Waals surface area contributed by atoms with E-state index in [2.05, 4.69) is 29.6 Å². The van der Waals surface area contributed by atoms with Crippen molar-refractivity contribution < 1.29 is 29.0 Å². The van der Waals surface area contributed by atoms with Crippen LogP contribution in [-0.2, 0) is 19.1 Å². The van der Waals surface area contributed by atoms with Gasteiger partial charge in [0.2, 0.25) is 5.91 Å². The van der Waals surface area contributed by atoms with Crippen LogP contribution < -0.4 is 5.32 Å². The quantitative estimate of drug-likeness (QED) is 0.632. The van der Waals surface area contributed by atoms with E-state index < -0.39 is 18.1 Å². The number of rotatable bonds is 7. The largest absolute Gasteiger partial charge is 0.481 e. The summed E-state index contributed by atoms with van der Waals surface area (Å²) in [6.45, 7) is 1.38. The zero-order chi connectivity index (χ0) is 24.4. The first-order chi connectivity index (χ1) is 17.0. The average Bonchev–Trinajstić information content (AvgIpc) is 3.15. The van der Waals surface area contributed by atoms with Crippen LogP contribution in [0.5, 0.6) is 0 Å². The number of carbonyl (C=O) groups is 3. The zero-order valence-corrected chi connectivity index (χ0v) is 19.5. The van der Waals surface area contributed by atoms with Crippen LogP contribution in [0.1, 0.15) is 42.7 Å². The standard InChI is InChI=1S/C27H30N2O6/c30-25(29-9-10-34-15-19(29)14-26(31)32)13-17-11-18(12-17)28-27(33)35-16-24-22-7-3-1-5-20(22)21-6-2-4-8-23(21)24/h1-8,17-19,24H,9-16H2,(H,28,33)(H,31,32). The maximum atomic E-state index is 12.7. The van der Waals surface area contributed by atoms with E-state index in [-0.39, 0.29) is 43.4 Å². The molecule has 1 saturated heterocycles. The van der Waals surface area contributed by atoms with Gasteiger partial charge in [-0.3, -0.25) is 9.59 Å². The fourth-order valence-electron chi connectivity index (χ4n) is 5.55. The summed E-state index contributed by atoms with van der Waals surface area (Å²) in [5.41, 5.74) is 4.73. The van der Waals surface area contributed by atoms with Crippen molar-refractivity contribution >= 4 is 18.0 Å². The van der Waals surface area contributed by atoms with Gasteiger partial charge in [-0.1, -0.05) is 48.5 Å². The number of ether oxygens (including phenoxy) is 2. The molecule has 0 aromatic heterocycles. The van der Waals surface area contributed by atoms with Gasteiger partial charge in [-0.2, -0.15) is 0 Å². The van der Waals surface area contributed by atoms with Crippen molar-refractivity contribution in [1.82, 2.24) is 10.2 Å². The molecule has 2 aromatic rings. The van der Waals surface area contributed by atoms with Crippen LogP contribution in [0.4, 0.5) is 4.79 Å². The molecule has 1 aliphatic heterocycles. The number of fused-ring (bicyclic) bond motifs is 3. The van der Waals surface area contributed by atoms with Crippen molar-refractivity contribution in [3.05, 3.63) is 59.7 Å². The molecule has 0 spiro atoms. The van der Waals surface area contributed by atoms with E-state index in [9.17, 15) is 14.4 Å². The lowest BCUT2D eigenvalue weighted by molar-refractivity contribution is -0.147. The molecule has 2 fully saturated rings. The van der Waals surface area contributed by atoms with Crippen molar-refractivity contribution in [2.75, 3.05) is 26.4 Å². The van der Waals surface area contributed by atoms with Gasteiger partial charge in [-0.25, -0.2) is 4.79 Å². The van der Waals surface area contributed by atoms with Gasteiger partial charge in [0.1, 0.15) is 6.61 Å². The molecule has 2 aliphatic carbocycles. The first-order valence-electron chi connectivity index (χ1n) is 12.2. The summed E-state index contributed by atoms with van der Waals surface area (Å²) in [5.74, 6) is -0.777. The number of nitrogens with zero attached hydrogens (tertiary/aromatic N) is 1. The van der Waals surface area contributed by atoms with Crippen molar-refractivity contribution in [3.63, 3.8) is 0 Å². The number of amides is 2. The van der Waals surface area contributed by atoms with E-state index >= 15 is 0 Å². The van der Waals surface area contributed by atoms with E-state index in [0.29, 0.717) is 32.4 Å². The van der Waals surface area contributed by atoms with Crippen molar-refractivity contribution in [1.29, 1.82) is 0 Å². The molecule has 5 rings (SSSR count). The van der Waals surface area contributed by atoms with E-state index in [1.807, 2.05) is 24.3 Å². The molecule has 2 aromatic carbocycles. The number of hydrogen-bond acceptors (Lipinski definition) is 5. The molecule has 1 atom stereocenters. The molecule has 0 radical (unpaired) electrons. The third-order valence-electron chi connectivity index (χ3n) is 7.32. The number of aliphatic carboxylic acids is 1. The highest BCUT2D eigenvalue weighted by Crippen LogP contribution is 2.44. The number of carbonyl (C=O) groups excluding carboxylic acids is 2. The predicted octanol–water partition coefficient (Wildman–Crippen LogP) is 3.40. The molecular weight excluding hydrogens is 448 g/mol. The lowest BCUT2D eigenvalue weighted by Crippen LogP contribution is -2.51. The second kappa shape index (κ2) is 10.1. The Hall–Kier alpha value is -3.39. The van der Waals surface area contributed by atoms with Crippen LogP contribution in [0.25, 0.3) is 11.1 Å². The normalized spacial score (nSPS) is 23.1. The summed E-state index contributed by atoms with van der Waals surface area (Å²) >= 11 is 0. The topological polar surface area (TPSA) is 105 Å². The lowest BCUT2D eigenvalue weighted by atomic mass is 9.78. The molecule has 8 nitrogen and oxygen atoms in total. The summed E-state index contributed by atoms with van der Waals surface area (Å²) in [7, 11) is 0. The molecule has 3 aliphatic rings. The smallest absolute Gasteiger partial charge is 0.407 e. The first-order valence-corrected chi connectivity index (χ1v) is 12.2. The van der Waals surface area contributed by atoms with Gasteiger partial charge < -0.3 is 24.8 Å². The molecule has 184 valence electrons. The second-order valence-electron chi connectivity index (χ2n) is 9.62. The van der Waals surface area contributed by atoms with Gasteiger partial charge >= 0.3 is 12.1 Å². The number of morpholine rings is 1. The van der Waals surface area contributed by atoms with Crippen molar-refractivity contribution in [2.24, 2.45) is 5.92 Å². The lowest BCUT2D eigenvalue weighted by Gasteiger charge is -2.39. The molecule has 1 saturated carbocycles. The fraction of sp³-hybridized carbons (Fsp3) is 0.444. The van der Waals surface area contributed by atoms with Crippen molar-refractivity contribution in [2.45, 2.75) is 43.7 Å². The molecule has 35 heavy (non-hydrogen) atoms. The summed E-state index contributed by atoms with van der Waals surface area (Å²) in [6, 6.07) is 16.0. The summed E-state index contributed by atoms with van der Waals surface area (Å²) in [4.78, 5) is 37.9. The van der Waals surface area contributed by atoms with E-state index in [0.717, 1.165) is 0 Å². The minimum atomic E-state index is -0.936. The Kier molecular flexibility index (Phi) is 6.72. The molecular formula is C27H30N2O6. The maximum Gasteiger partial charge on any atom is 0.407 e.